The number of nitrogens with one attached hydrogen (secondary N) is 1. The third-order valence-electron chi connectivity index (χ3n) is 4.96. The van der Waals surface area contributed by atoms with Crippen molar-refractivity contribution in [3.05, 3.63) is 60.0 Å². The molecule has 2 aromatic carbocycles. The summed E-state index contributed by atoms with van der Waals surface area (Å²) in [4.78, 5) is 28.5. The van der Waals surface area contributed by atoms with Gasteiger partial charge in [0, 0.05) is 10.8 Å². The number of amides is 1. The minimum absolute atomic E-state index is 0.149. The lowest BCUT2D eigenvalue weighted by Crippen LogP contribution is -2.32. The first-order valence-electron chi connectivity index (χ1n) is 9.81. The van der Waals surface area contributed by atoms with Crippen LogP contribution in [-0.2, 0) is 15.7 Å². The van der Waals surface area contributed by atoms with Crippen LogP contribution < -0.4 is 5.32 Å². The number of alkyl halides is 3. The van der Waals surface area contributed by atoms with Crippen LogP contribution >= 0.6 is 0 Å². The Balaban J connectivity index is 1.84. The Morgan fingerprint density at radius 2 is 1.88 bits per heavy atom. The summed E-state index contributed by atoms with van der Waals surface area (Å²) in [6.45, 7) is 1.37. The molecule has 11 heteroatoms. The molecule has 0 atom stereocenters. The van der Waals surface area contributed by atoms with Gasteiger partial charge in [0.25, 0.3) is 5.91 Å². The standard InChI is InChI=1S/C22H17F3N4O4/c1-2-33-16(30)10-26-21(32)18-19(31)15-5-3-4-14(17(15)20-27-11-28-29(18)20)12-6-8-13(9-7-12)22(23,24)25/h3-9,11,31H,2,10H2,1H3,(H,26,32). The van der Waals surface area contributed by atoms with E-state index in [9.17, 15) is 27.9 Å². The average Bonchev–Trinajstić information content (AvgIpc) is 3.26. The van der Waals surface area contributed by atoms with E-state index in [1.807, 2.05) is 0 Å². The van der Waals surface area contributed by atoms with Crippen LogP contribution in [0.2, 0.25) is 0 Å². The topological polar surface area (TPSA) is 106 Å². The Kier molecular flexibility index (Phi) is 5.62. The van der Waals surface area contributed by atoms with Gasteiger partial charge in [0.05, 0.1) is 12.2 Å². The molecule has 2 aromatic heterocycles. The summed E-state index contributed by atoms with van der Waals surface area (Å²) in [5.41, 5.74) is 0.122. The molecule has 0 radical (unpaired) electrons. The molecule has 170 valence electrons. The average molecular weight is 458 g/mol. The number of esters is 1. The lowest BCUT2D eigenvalue weighted by Gasteiger charge is -2.14. The molecule has 2 N–H and O–H groups in total. The number of aromatic hydroxyl groups is 1. The summed E-state index contributed by atoms with van der Waals surface area (Å²) in [6.07, 6.45) is -3.29. The summed E-state index contributed by atoms with van der Waals surface area (Å²) in [5.74, 6) is -1.85. The maximum absolute atomic E-state index is 12.9. The van der Waals surface area contributed by atoms with Crippen molar-refractivity contribution in [2.75, 3.05) is 13.2 Å². The van der Waals surface area contributed by atoms with Crippen molar-refractivity contribution >= 4 is 28.3 Å². The van der Waals surface area contributed by atoms with Crippen molar-refractivity contribution in [1.29, 1.82) is 0 Å². The first-order chi connectivity index (χ1) is 15.7. The number of benzene rings is 2. The Morgan fingerprint density at radius 3 is 2.55 bits per heavy atom. The lowest BCUT2D eigenvalue weighted by atomic mass is 9.97. The number of hydrogen-bond donors (Lipinski definition) is 2. The highest BCUT2D eigenvalue weighted by Gasteiger charge is 2.30. The Morgan fingerprint density at radius 1 is 1.15 bits per heavy atom. The normalized spacial score (nSPS) is 11.6. The molecular weight excluding hydrogens is 441 g/mol. The van der Waals surface area contributed by atoms with Crippen molar-refractivity contribution in [3.63, 3.8) is 0 Å². The molecule has 2 heterocycles. The van der Waals surface area contributed by atoms with E-state index in [0.717, 1.165) is 16.6 Å². The zero-order valence-corrected chi connectivity index (χ0v) is 17.2. The largest absolute Gasteiger partial charge is 0.505 e. The molecule has 0 spiro atoms. The fraction of sp³-hybridized carbons (Fsp3) is 0.182. The number of aromatic nitrogens is 3. The van der Waals surface area contributed by atoms with Crippen molar-refractivity contribution in [3.8, 4) is 16.9 Å². The predicted molar refractivity (Wildman–Crippen MR) is 112 cm³/mol. The van der Waals surface area contributed by atoms with E-state index >= 15 is 0 Å². The molecule has 0 aliphatic heterocycles. The number of halogens is 3. The highest BCUT2D eigenvalue weighted by atomic mass is 19.4. The van der Waals surface area contributed by atoms with Gasteiger partial charge in [0.2, 0.25) is 0 Å². The molecule has 0 bridgehead atoms. The summed E-state index contributed by atoms with van der Waals surface area (Å²) >= 11 is 0. The van der Waals surface area contributed by atoms with E-state index in [2.05, 4.69) is 15.4 Å². The zero-order chi connectivity index (χ0) is 23.8. The Bertz CT molecular complexity index is 1360. The van der Waals surface area contributed by atoms with E-state index in [4.69, 9.17) is 4.74 Å². The predicted octanol–water partition coefficient (Wildman–Crippen LogP) is 3.57. The van der Waals surface area contributed by atoms with Crippen LogP contribution in [0.4, 0.5) is 13.2 Å². The Hall–Kier alpha value is -4.15. The highest BCUT2D eigenvalue weighted by Crippen LogP contribution is 2.38. The number of fused-ring (bicyclic) bond motifs is 3. The number of nitrogens with zero attached hydrogens (tertiary/aromatic N) is 3. The minimum atomic E-state index is -4.47. The van der Waals surface area contributed by atoms with Crippen LogP contribution in [0.15, 0.2) is 48.8 Å². The number of rotatable bonds is 5. The minimum Gasteiger partial charge on any atom is -0.505 e. The lowest BCUT2D eigenvalue weighted by molar-refractivity contribution is -0.142. The Labute approximate surface area is 184 Å². The van der Waals surface area contributed by atoms with Crippen molar-refractivity contribution in [2.24, 2.45) is 0 Å². The van der Waals surface area contributed by atoms with E-state index in [1.165, 1.54) is 18.5 Å². The van der Waals surface area contributed by atoms with Crippen LogP contribution in [0.25, 0.3) is 27.5 Å². The van der Waals surface area contributed by atoms with E-state index in [0.29, 0.717) is 16.5 Å². The van der Waals surface area contributed by atoms with Gasteiger partial charge in [0.15, 0.2) is 17.1 Å². The quantitative estimate of drug-likeness (QED) is 0.443. The van der Waals surface area contributed by atoms with Crippen LogP contribution in [0, 0.1) is 0 Å². The van der Waals surface area contributed by atoms with Crippen LogP contribution in [0.1, 0.15) is 23.0 Å². The highest BCUT2D eigenvalue weighted by molar-refractivity contribution is 6.12. The summed E-state index contributed by atoms with van der Waals surface area (Å²) in [7, 11) is 0. The molecule has 1 amide bonds. The third kappa shape index (κ3) is 4.04. The number of carbonyl (C=O) groups excluding carboxylic acids is 2. The third-order valence-corrected chi connectivity index (χ3v) is 4.96. The van der Waals surface area contributed by atoms with Crippen molar-refractivity contribution in [2.45, 2.75) is 13.1 Å². The molecule has 8 nitrogen and oxygen atoms in total. The molecule has 0 aliphatic carbocycles. The smallest absolute Gasteiger partial charge is 0.416 e. The van der Waals surface area contributed by atoms with E-state index < -0.39 is 35.9 Å². The summed E-state index contributed by atoms with van der Waals surface area (Å²) < 4.78 is 44.7. The van der Waals surface area contributed by atoms with Gasteiger partial charge in [-0.15, -0.1) is 0 Å². The zero-order valence-electron chi connectivity index (χ0n) is 17.2. The fourth-order valence-corrected chi connectivity index (χ4v) is 3.53. The van der Waals surface area contributed by atoms with Crippen molar-refractivity contribution in [1.82, 2.24) is 19.9 Å². The van der Waals surface area contributed by atoms with E-state index in [1.54, 1.807) is 25.1 Å². The maximum Gasteiger partial charge on any atom is 0.416 e. The van der Waals surface area contributed by atoms with Crippen molar-refractivity contribution < 1.29 is 32.6 Å². The molecule has 0 unspecified atom stereocenters. The molecule has 0 fully saturated rings. The van der Waals surface area contributed by atoms with Gasteiger partial charge in [-0.3, -0.25) is 9.59 Å². The summed E-state index contributed by atoms with van der Waals surface area (Å²) in [5, 5.41) is 17.9. The molecular formula is C22H17F3N4O4. The monoisotopic (exact) mass is 458 g/mol. The summed E-state index contributed by atoms with van der Waals surface area (Å²) in [6, 6.07) is 9.39. The molecule has 0 saturated carbocycles. The maximum atomic E-state index is 12.9. The fourth-order valence-electron chi connectivity index (χ4n) is 3.53. The molecule has 0 aliphatic rings. The number of carbonyl (C=O) groups is 2. The molecule has 33 heavy (non-hydrogen) atoms. The number of ether oxygens (including phenoxy) is 1. The van der Waals surface area contributed by atoms with E-state index in [-0.39, 0.29) is 23.3 Å². The first kappa shape index (κ1) is 22.1. The van der Waals surface area contributed by atoms with Gasteiger partial charge in [-0.05, 0) is 30.2 Å². The van der Waals surface area contributed by atoms with Crippen LogP contribution in [-0.4, -0.2) is 44.7 Å². The molecule has 4 rings (SSSR count). The van der Waals surface area contributed by atoms with Gasteiger partial charge < -0.3 is 15.2 Å². The van der Waals surface area contributed by atoms with Gasteiger partial charge in [-0.25, -0.2) is 9.50 Å². The number of hydrogen-bond acceptors (Lipinski definition) is 6. The second-order valence-electron chi connectivity index (χ2n) is 6.98. The van der Waals surface area contributed by atoms with Crippen LogP contribution in [0.5, 0.6) is 5.75 Å². The van der Waals surface area contributed by atoms with Gasteiger partial charge in [-0.1, -0.05) is 30.3 Å². The first-order valence-corrected chi connectivity index (χ1v) is 9.81. The second-order valence-corrected chi connectivity index (χ2v) is 6.98. The van der Waals surface area contributed by atoms with Crippen LogP contribution in [0.3, 0.4) is 0 Å². The van der Waals surface area contributed by atoms with Gasteiger partial charge >= 0.3 is 12.1 Å². The molecule has 0 saturated heterocycles. The molecule has 4 aromatic rings. The second kappa shape index (κ2) is 8.41. The van der Waals surface area contributed by atoms with Gasteiger partial charge in [0.1, 0.15) is 12.9 Å². The number of pyridine rings is 1. The SMILES string of the molecule is CCOC(=O)CNC(=O)c1c(O)c2cccc(-c3ccc(C(F)(F)F)cc3)c2c2ncnn12. The van der Waals surface area contributed by atoms with Gasteiger partial charge in [-0.2, -0.15) is 18.3 Å².